The molecule has 1 fully saturated rings. The largest absolute Gasteiger partial charge is 0.388 e. The molecule has 2 aromatic heterocycles. The number of fused-ring (bicyclic) bond motifs is 1. The second kappa shape index (κ2) is 7.58. The van der Waals surface area contributed by atoms with Crippen LogP contribution in [0.4, 0.5) is 0 Å². The Bertz CT molecular complexity index is 952. The number of thiazole rings is 1. The molecule has 0 unspecified atom stereocenters. The van der Waals surface area contributed by atoms with Gasteiger partial charge in [-0.15, -0.1) is 21.5 Å². The molecule has 1 aromatic carbocycles. The Hall–Kier alpha value is -2.58. The van der Waals surface area contributed by atoms with E-state index in [0.717, 1.165) is 33.9 Å². The van der Waals surface area contributed by atoms with Gasteiger partial charge in [-0.1, -0.05) is 12.1 Å². The number of aliphatic hydroxyl groups excluding tert-OH is 1. The van der Waals surface area contributed by atoms with Crippen LogP contribution in [0.3, 0.4) is 0 Å². The van der Waals surface area contributed by atoms with Gasteiger partial charge in [0.1, 0.15) is 17.4 Å². The van der Waals surface area contributed by atoms with E-state index in [9.17, 15) is 9.90 Å². The minimum atomic E-state index is -0.114. The van der Waals surface area contributed by atoms with Crippen molar-refractivity contribution in [2.24, 2.45) is 7.05 Å². The van der Waals surface area contributed by atoms with Crippen LogP contribution in [0.15, 0.2) is 30.3 Å². The Kier molecular flexibility index (Phi) is 5.00. The standard InChI is InChI=1S/C19H21N5O2S/c1-23-16(12-25)21-22-19(23)13-8-10-24(11-9-13)18(26)7-6-17-20-14-4-2-3-5-15(14)27-17/h2-7,13,25H,8-12H2,1H3. The van der Waals surface area contributed by atoms with Crippen molar-refractivity contribution in [3.8, 4) is 0 Å². The van der Waals surface area contributed by atoms with Crippen LogP contribution in [0.5, 0.6) is 0 Å². The quantitative estimate of drug-likeness (QED) is 0.699. The first-order chi connectivity index (χ1) is 13.2. The first kappa shape index (κ1) is 17.8. The highest BCUT2D eigenvalue weighted by atomic mass is 32.1. The minimum Gasteiger partial charge on any atom is -0.388 e. The molecule has 0 atom stereocenters. The number of rotatable bonds is 4. The van der Waals surface area contributed by atoms with Gasteiger partial charge in [-0.2, -0.15) is 0 Å². The SMILES string of the molecule is Cn1c(CO)nnc1C1CCN(C(=O)C=Cc2nc3ccccc3s2)CC1. The number of para-hydroxylation sites is 1. The number of carbonyl (C=O) groups is 1. The normalized spacial score (nSPS) is 15.9. The van der Waals surface area contributed by atoms with Crippen LogP contribution >= 0.6 is 11.3 Å². The lowest BCUT2D eigenvalue weighted by Crippen LogP contribution is -2.37. The summed E-state index contributed by atoms with van der Waals surface area (Å²) >= 11 is 1.58. The predicted molar refractivity (Wildman–Crippen MR) is 104 cm³/mol. The van der Waals surface area contributed by atoms with Gasteiger partial charge >= 0.3 is 0 Å². The third-order valence-electron chi connectivity index (χ3n) is 4.99. The van der Waals surface area contributed by atoms with Crippen molar-refractivity contribution in [1.29, 1.82) is 0 Å². The zero-order valence-electron chi connectivity index (χ0n) is 15.1. The number of piperidine rings is 1. The molecule has 0 saturated carbocycles. The topological polar surface area (TPSA) is 84.1 Å². The smallest absolute Gasteiger partial charge is 0.246 e. The fraction of sp³-hybridized carbons (Fsp3) is 0.368. The van der Waals surface area contributed by atoms with Gasteiger partial charge in [0.25, 0.3) is 0 Å². The zero-order valence-corrected chi connectivity index (χ0v) is 15.9. The Morgan fingerprint density at radius 2 is 2.07 bits per heavy atom. The zero-order chi connectivity index (χ0) is 18.8. The third kappa shape index (κ3) is 3.63. The highest BCUT2D eigenvalue weighted by Gasteiger charge is 2.26. The number of benzene rings is 1. The molecule has 0 spiro atoms. The molecule has 8 heteroatoms. The van der Waals surface area contributed by atoms with Gasteiger partial charge in [-0.3, -0.25) is 4.79 Å². The summed E-state index contributed by atoms with van der Waals surface area (Å²) in [6, 6.07) is 7.96. The first-order valence-electron chi connectivity index (χ1n) is 8.97. The number of nitrogens with zero attached hydrogens (tertiary/aromatic N) is 5. The fourth-order valence-electron chi connectivity index (χ4n) is 3.44. The Balaban J connectivity index is 1.37. The molecular weight excluding hydrogens is 362 g/mol. The lowest BCUT2D eigenvalue weighted by Gasteiger charge is -2.30. The molecule has 1 aliphatic rings. The summed E-state index contributed by atoms with van der Waals surface area (Å²) in [5.41, 5.74) is 0.960. The summed E-state index contributed by atoms with van der Waals surface area (Å²) in [4.78, 5) is 18.9. The number of likely N-dealkylation sites (tertiary alicyclic amines) is 1. The number of aromatic nitrogens is 4. The fourth-order valence-corrected chi connectivity index (χ4v) is 4.31. The summed E-state index contributed by atoms with van der Waals surface area (Å²) in [6.45, 7) is 1.27. The van der Waals surface area contributed by atoms with Crippen molar-refractivity contribution in [1.82, 2.24) is 24.6 Å². The molecule has 140 valence electrons. The molecule has 1 aliphatic heterocycles. The third-order valence-corrected chi connectivity index (χ3v) is 5.99. The van der Waals surface area contributed by atoms with Crippen LogP contribution in [-0.2, 0) is 18.4 Å². The number of hydrogen-bond acceptors (Lipinski definition) is 6. The number of hydrogen-bond donors (Lipinski definition) is 1. The molecule has 0 radical (unpaired) electrons. The van der Waals surface area contributed by atoms with Crippen molar-refractivity contribution < 1.29 is 9.90 Å². The van der Waals surface area contributed by atoms with E-state index in [2.05, 4.69) is 15.2 Å². The second-order valence-corrected chi connectivity index (χ2v) is 7.71. The van der Waals surface area contributed by atoms with Crippen molar-refractivity contribution in [3.05, 3.63) is 47.0 Å². The maximum Gasteiger partial charge on any atom is 0.246 e. The lowest BCUT2D eigenvalue weighted by molar-refractivity contribution is -0.127. The number of aliphatic hydroxyl groups is 1. The summed E-state index contributed by atoms with van der Waals surface area (Å²) in [5.74, 6) is 1.74. The average molecular weight is 383 g/mol. The molecule has 1 amide bonds. The van der Waals surface area contributed by atoms with E-state index in [0.29, 0.717) is 18.9 Å². The van der Waals surface area contributed by atoms with Gasteiger partial charge in [-0.25, -0.2) is 4.98 Å². The molecule has 0 aliphatic carbocycles. The average Bonchev–Trinajstić information content (AvgIpc) is 3.29. The Morgan fingerprint density at radius 3 is 2.78 bits per heavy atom. The first-order valence-corrected chi connectivity index (χ1v) is 9.79. The van der Waals surface area contributed by atoms with Crippen molar-refractivity contribution >= 4 is 33.5 Å². The van der Waals surface area contributed by atoms with E-state index in [1.807, 2.05) is 40.8 Å². The van der Waals surface area contributed by atoms with Crippen LogP contribution in [-0.4, -0.2) is 48.8 Å². The highest BCUT2D eigenvalue weighted by molar-refractivity contribution is 7.19. The predicted octanol–water partition coefficient (Wildman–Crippen LogP) is 2.34. The van der Waals surface area contributed by atoms with Crippen LogP contribution in [0.1, 0.15) is 35.4 Å². The molecule has 27 heavy (non-hydrogen) atoms. The van der Waals surface area contributed by atoms with E-state index < -0.39 is 0 Å². The summed E-state index contributed by atoms with van der Waals surface area (Å²) in [7, 11) is 1.87. The van der Waals surface area contributed by atoms with Crippen molar-refractivity contribution in [2.75, 3.05) is 13.1 Å². The van der Waals surface area contributed by atoms with E-state index >= 15 is 0 Å². The molecular formula is C19H21N5O2S. The Labute approximate surface area is 161 Å². The van der Waals surface area contributed by atoms with Crippen LogP contribution < -0.4 is 0 Å². The monoisotopic (exact) mass is 383 g/mol. The number of carbonyl (C=O) groups excluding carboxylic acids is 1. The van der Waals surface area contributed by atoms with Gasteiger partial charge in [0.15, 0.2) is 5.82 Å². The van der Waals surface area contributed by atoms with Crippen LogP contribution in [0.25, 0.3) is 16.3 Å². The van der Waals surface area contributed by atoms with E-state index in [1.54, 1.807) is 23.5 Å². The molecule has 0 bridgehead atoms. The number of amides is 1. The maximum atomic E-state index is 12.5. The van der Waals surface area contributed by atoms with Crippen LogP contribution in [0, 0.1) is 0 Å². The summed E-state index contributed by atoms with van der Waals surface area (Å²) < 4.78 is 2.98. The van der Waals surface area contributed by atoms with Gasteiger partial charge in [0.2, 0.25) is 5.91 Å². The van der Waals surface area contributed by atoms with E-state index in [4.69, 9.17) is 0 Å². The molecule has 1 saturated heterocycles. The maximum absolute atomic E-state index is 12.5. The van der Waals surface area contributed by atoms with E-state index in [1.165, 1.54) is 0 Å². The van der Waals surface area contributed by atoms with E-state index in [-0.39, 0.29) is 18.4 Å². The summed E-state index contributed by atoms with van der Waals surface area (Å²) in [6.07, 6.45) is 5.11. The van der Waals surface area contributed by atoms with Gasteiger partial charge in [0.05, 0.1) is 10.2 Å². The lowest BCUT2D eigenvalue weighted by atomic mass is 9.96. The summed E-state index contributed by atoms with van der Waals surface area (Å²) in [5, 5.41) is 18.3. The van der Waals surface area contributed by atoms with Crippen molar-refractivity contribution in [3.63, 3.8) is 0 Å². The van der Waals surface area contributed by atoms with Crippen molar-refractivity contribution in [2.45, 2.75) is 25.4 Å². The molecule has 4 rings (SSSR count). The van der Waals surface area contributed by atoms with Gasteiger partial charge < -0.3 is 14.6 Å². The highest BCUT2D eigenvalue weighted by Crippen LogP contribution is 2.27. The molecule has 3 heterocycles. The Morgan fingerprint density at radius 1 is 1.30 bits per heavy atom. The molecule has 3 aromatic rings. The van der Waals surface area contributed by atoms with Gasteiger partial charge in [-0.05, 0) is 31.1 Å². The van der Waals surface area contributed by atoms with Gasteiger partial charge in [0, 0.05) is 32.1 Å². The van der Waals surface area contributed by atoms with Crippen LogP contribution in [0.2, 0.25) is 0 Å². The minimum absolute atomic E-state index is 0.0155. The molecule has 7 nitrogen and oxygen atoms in total. The second-order valence-electron chi connectivity index (χ2n) is 6.64. The molecule has 1 N–H and O–H groups in total.